The monoisotopic (exact) mass is 266 g/mol. The normalized spacial score (nSPS) is 10.5. The molecular weight excluding hydrogens is 256 g/mol. The number of halogens is 1. The number of rotatable bonds is 4. The van der Waals surface area contributed by atoms with Crippen LogP contribution in [0.25, 0.3) is 10.6 Å². The molecule has 0 N–H and O–H groups in total. The van der Waals surface area contributed by atoms with Crippen LogP contribution < -0.4 is 0 Å². The highest BCUT2D eigenvalue weighted by molar-refractivity contribution is 7.19. The minimum Gasteiger partial charge on any atom is -0.300 e. The first-order valence-corrected chi connectivity index (χ1v) is 6.41. The van der Waals surface area contributed by atoms with E-state index in [0.717, 1.165) is 14.9 Å². The van der Waals surface area contributed by atoms with Crippen molar-refractivity contribution in [1.82, 2.24) is 9.97 Å². The van der Waals surface area contributed by atoms with Crippen LogP contribution in [0.15, 0.2) is 24.4 Å². The molecule has 0 aliphatic rings. The second kappa shape index (κ2) is 5.38. The lowest BCUT2D eigenvalue weighted by atomic mass is 10.2. The smallest absolute Gasteiger partial charge is 0.130 e. The van der Waals surface area contributed by atoms with Crippen molar-refractivity contribution in [3.63, 3.8) is 0 Å². The number of aromatic nitrogens is 2. The Balaban J connectivity index is 2.19. The highest BCUT2D eigenvalue weighted by Gasteiger charge is 2.05. The van der Waals surface area contributed by atoms with Gasteiger partial charge in [0.25, 0.3) is 0 Å². The summed E-state index contributed by atoms with van der Waals surface area (Å²) in [4.78, 5) is 20.5. The van der Waals surface area contributed by atoms with Crippen LogP contribution in [0.4, 0.5) is 0 Å². The fourth-order valence-electron chi connectivity index (χ4n) is 1.40. The molecule has 0 fully saturated rings. The number of carbonyl (C=O) groups excluding carboxylic acids is 1. The van der Waals surface area contributed by atoms with Crippen LogP contribution in [0.3, 0.4) is 0 Å². The Kier molecular flexibility index (Phi) is 3.86. The van der Waals surface area contributed by atoms with Gasteiger partial charge in [-0.3, -0.25) is 0 Å². The van der Waals surface area contributed by atoms with Gasteiger partial charge in [0, 0.05) is 19.0 Å². The Morgan fingerprint density at radius 3 is 2.88 bits per heavy atom. The minimum absolute atomic E-state index is 0.151. The van der Waals surface area contributed by atoms with Gasteiger partial charge in [-0.15, -0.1) is 11.3 Å². The molecule has 0 aliphatic heterocycles. The van der Waals surface area contributed by atoms with E-state index in [2.05, 4.69) is 9.97 Å². The molecule has 2 heterocycles. The van der Waals surface area contributed by atoms with Crippen LogP contribution in [0.1, 0.15) is 19.2 Å². The van der Waals surface area contributed by atoms with Crippen LogP contribution in [0.5, 0.6) is 0 Å². The first-order valence-electron chi connectivity index (χ1n) is 5.22. The van der Waals surface area contributed by atoms with Crippen LogP contribution in [0, 0.1) is 0 Å². The van der Waals surface area contributed by atoms with Crippen molar-refractivity contribution in [1.29, 1.82) is 0 Å². The molecule has 2 rings (SSSR count). The van der Waals surface area contributed by atoms with E-state index in [0.29, 0.717) is 18.7 Å². The summed E-state index contributed by atoms with van der Waals surface area (Å²) in [5.74, 6) is 0.848. The summed E-state index contributed by atoms with van der Waals surface area (Å²) in [6.07, 6.45) is 2.78. The van der Waals surface area contributed by atoms with Crippen molar-refractivity contribution < 1.29 is 4.79 Å². The van der Waals surface area contributed by atoms with Gasteiger partial charge in [-0.25, -0.2) is 9.97 Å². The molecule has 0 aromatic carbocycles. The summed E-state index contributed by atoms with van der Waals surface area (Å²) in [7, 11) is 0. The molecule has 0 saturated carbocycles. The van der Waals surface area contributed by atoms with E-state index in [1.165, 1.54) is 11.3 Å². The van der Waals surface area contributed by atoms with Gasteiger partial charge in [-0.2, -0.15) is 0 Å². The average molecular weight is 267 g/mol. The average Bonchev–Trinajstić information content (AvgIpc) is 2.74. The highest BCUT2D eigenvalue weighted by Crippen LogP contribution is 2.29. The summed E-state index contributed by atoms with van der Waals surface area (Å²) in [5, 5.41) is 0. The first kappa shape index (κ1) is 12.2. The Morgan fingerprint density at radius 2 is 2.24 bits per heavy atom. The molecule has 0 unspecified atom stereocenters. The molecule has 0 aliphatic carbocycles. The summed E-state index contributed by atoms with van der Waals surface area (Å²) >= 11 is 7.37. The van der Waals surface area contributed by atoms with Gasteiger partial charge in [0.15, 0.2) is 0 Å². The molecule has 0 spiro atoms. The Bertz CT molecular complexity index is 539. The maximum atomic E-state index is 10.9. The van der Waals surface area contributed by atoms with Gasteiger partial charge in [-0.1, -0.05) is 11.6 Å². The molecule has 0 amide bonds. The zero-order chi connectivity index (χ0) is 12.3. The molecule has 0 saturated heterocycles. The van der Waals surface area contributed by atoms with Gasteiger partial charge in [0.2, 0.25) is 0 Å². The lowest BCUT2D eigenvalue weighted by Gasteiger charge is -2.00. The van der Waals surface area contributed by atoms with Crippen molar-refractivity contribution in [2.75, 3.05) is 0 Å². The van der Waals surface area contributed by atoms with E-state index in [1.54, 1.807) is 13.1 Å². The summed E-state index contributed by atoms with van der Waals surface area (Å²) in [6, 6.07) is 5.63. The number of carbonyl (C=O) groups is 1. The number of aryl methyl sites for hydroxylation is 1. The molecule has 0 bridgehead atoms. The first-order chi connectivity index (χ1) is 8.15. The molecule has 2 aromatic rings. The predicted molar refractivity (Wildman–Crippen MR) is 69.4 cm³/mol. The van der Waals surface area contributed by atoms with Crippen LogP contribution in [-0.2, 0) is 11.2 Å². The van der Waals surface area contributed by atoms with E-state index < -0.39 is 0 Å². The van der Waals surface area contributed by atoms with Gasteiger partial charge in [-0.05, 0) is 25.1 Å². The predicted octanol–water partition coefficient (Wildman–Crippen LogP) is 3.38. The topological polar surface area (TPSA) is 42.9 Å². The van der Waals surface area contributed by atoms with Crippen LogP contribution >= 0.6 is 22.9 Å². The van der Waals surface area contributed by atoms with E-state index in [1.807, 2.05) is 18.2 Å². The number of ketones is 1. The second-order valence-corrected chi connectivity index (χ2v) is 5.38. The molecule has 0 atom stereocenters. The number of nitrogens with zero attached hydrogens (tertiary/aromatic N) is 2. The van der Waals surface area contributed by atoms with Gasteiger partial charge in [0.05, 0.1) is 14.9 Å². The molecular formula is C12H11ClN2OS. The fraction of sp³-hybridized carbons (Fsp3) is 0.250. The van der Waals surface area contributed by atoms with Crippen LogP contribution in [0.2, 0.25) is 4.34 Å². The largest absolute Gasteiger partial charge is 0.300 e. The van der Waals surface area contributed by atoms with E-state index in [4.69, 9.17) is 11.6 Å². The zero-order valence-electron chi connectivity index (χ0n) is 9.31. The lowest BCUT2D eigenvalue weighted by molar-refractivity contribution is -0.117. The van der Waals surface area contributed by atoms with Crippen LogP contribution in [-0.4, -0.2) is 15.8 Å². The van der Waals surface area contributed by atoms with Crippen molar-refractivity contribution in [2.24, 2.45) is 0 Å². The second-order valence-electron chi connectivity index (χ2n) is 3.66. The standard InChI is InChI=1S/C12H11ClN2OS/c1-8(16)2-5-12-14-7-6-9(15-12)10-3-4-11(13)17-10/h3-4,6-7H,2,5H2,1H3. The summed E-state index contributed by atoms with van der Waals surface area (Å²) in [5.41, 5.74) is 0.857. The summed E-state index contributed by atoms with van der Waals surface area (Å²) in [6.45, 7) is 1.57. The van der Waals surface area contributed by atoms with E-state index in [9.17, 15) is 4.79 Å². The maximum Gasteiger partial charge on any atom is 0.130 e. The van der Waals surface area contributed by atoms with Gasteiger partial charge >= 0.3 is 0 Å². The van der Waals surface area contributed by atoms with Crippen molar-refractivity contribution >= 4 is 28.7 Å². The SMILES string of the molecule is CC(=O)CCc1nccc(-c2ccc(Cl)s2)n1. The number of Topliss-reactive ketones (excluding diaryl/α,β-unsaturated/α-hetero) is 1. The molecule has 5 heteroatoms. The van der Waals surface area contributed by atoms with Gasteiger partial charge in [0.1, 0.15) is 11.6 Å². The molecule has 17 heavy (non-hydrogen) atoms. The van der Waals surface area contributed by atoms with E-state index >= 15 is 0 Å². The molecule has 2 aromatic heterocycles. The third-order valence-corrected chi connectivity index (χ3v) is 3.49. The number of hydrogen-bond donors (Lipinski definition) is 0. The van der Waals surface area contributed by atoms with E-state index in [-0.39, 0.29) is 5.78 Å². The summed E-state index contributed by atoms with van der Waals surface area (Å²) < 4.78 is 0.740. The number of hydrogen-bond acceptors (Lipinski definition) is 4. The fourth-order valence-corrected chi connectivity index (χ4v) is 2.41. The molecule has 0 radical (unpaired) electrons. The Labute approximate surface area is 108 Å². The third kappa shape index (κ3) is 3.35. The Morgan fingerprint density at radius 1 is 1.41 bits per heavy atom. The highest BCUT2D eigenvalue weighted by atomic mass is 35.5. The Hall–Kier alpha value is -1.26. The quantitative estimate of drug-likeness (QED) is 0.852. The van der Waals surface area contributed by atoms with Crippen molar-refractivity contribution in [2.45, 2.75) is 19.8 Å². The maximum absolute atomic E-state index is 10.9. The lowest BCUT2D eigenvalue weighted by Crippen LogP contribution is -1.99. The molecule has 88 valence electrons. The number of thiophene rings is 1. The third-order valence-electron chi connectivity index (χ3n) is 2.23. The molecule has 3 nitrogen and oxygen atoms in total. The zero-order valence-corrected chi connectivity index (χ0v) is 10.9. The van der Waals surface area contributed by atoms with Gasteiger partial charge < -0.3 is 4.79 Å². The van der Waals surface area contributed by atoms with Crippen molar-refractivity contribution in [3.05, 3.63) is 34.6 Å². The van der Waals surface area contributed by atoms with Crippen molar-refractivity contribution in [3.8, 4) is 10.6 Å². The minimum atomic E-state index is 0.151.